The normalized spacial score (nSPS) is 9.33. The fourth-order valence-corrected chi connectivity index (χ4v) is 1.26. The van der Waals surface area contributed by atoms with Gasteiger partial charge in [0.1, 0.15) is 0 Å². The molecular formula is C14H24O. The molecule has 0 bridgehead atoms. The topological polar surface area (TPSA) is 20.2 Å². The van der Waals surface area contributed by atoms with Crippen molar-refractivity contribution in [3.8, 4) is 0 Å². The summed E-state index contributed by atoms with van der Waals surface area (Å²) in [4.78, 5) is 0. The minimum atomic E-state index is 0.319. The maximum Gasteiger partial charge on any atom is 0.0428 e. The van der Waals surface area contributed by atoms with Gasteiger partial charge in [0, 0.05) is 6.61 Å². The highest BCUT2D eigenvalue weighted by Crippen LogP contribution is 2.09. The minimum absolute atomic E-state index is 0.319. The molecule has 1 nitrogen and oxygen atoms in total. The van der Waals surface area contributed by atoms with Gasteiger partial charge >= 0.3 is 0 Å². The van der Waals surface area contributed by atoms with Crippen molar-refractivity contribution in [2.24, 2.45) is 0 Å². The molecule has 1 rings (SSSR count). The van der Waals surface area contributed by atoms with Gasteiger partial charge in [0.25, 0.3) is 0 Å². The number of hydrogen-bond acceptors (Lipinski definition) is 1. The highest BCUT2D eigenvalue weighted by atomic mass is 16.2. The Hall–Kier alpha value is -0.820. The summed E-state index contributed by atoms with van der Waals surface area (Å²) in [6, 6.07) is 8.64. The zero-order valence-corrected chi connectivity index (χ0v) is 10.3. The Morgan fingerprint density at radius 1 is 1.07 bits per heavy atom. The highest BCUT2D eigenvalue weighted by molar-refractivity contribution is 5.25. The third-order valence-electron chi connectivity index (χ3n) is 2.28. The number of benzene rings is 1. The molecule has 0 amide bonds. The number of aryl methyl sites for hydroxylation is 2. The molecule has 1 heteroatoms. The van der Waals surface area contributed by atoms with E-state index >= 15 is 0 Å². The number of aliphatic hydroxyl groups excluding tert-OH is 1. The Balaban J connectivity index is 0.000000423. The van der Waals surface area contributed by atoms with Gasteiger partial charge in [0.2, 0.25) is 0 Å². The lowest BCUT2D eigenvalue weighted by molar-refractivity contribution is 0.295. The van der Waals surface area contributed by atoms with Crippen LogP contribution in [0.5, 0.6) is 0 Å². The molecule has 0 radical (unpaired) electrons. The van der Waals surface area contributed by atoms with Crippen LogP contribution in [0.25, 0.3) is 0 Å². The van der Waals surface area contributed by atoms with Crippen molar-refractivity contribution < 1.29 is 5.11 Å². The lowest BCUT2D eigenvalue weighted by Crippen LogP contribution is -1.87. The van der Waals surface area contributed by atoms with Gasteiger partial charge in [-0.05, 0) is 37.3 Å². The molecule has 0 heterocycles. The van der Waals surface area contributed by atoms with Crippen molar-refractivity contribution in [1.29, 1.82) is 0 Å². The average molecular weight is 208 g/mol. The van der Waals surface area contributed by atoms with Crippen LogP contribution in [0.3, 0.4) is 0 Å². The maximum absolute atomic E-state index is 7.88. The first-order valence-corrected chi connectivity index (χ1v) is 5.91. The quantitative estimate of drug-likeness (QED) is 0.799. The highest BCUT2D eigenvalue weighted by Gasteiger charge is 1.94. The Bertz CT molecular complexity index is 241. The van der Waals surface area contributed by atoms with Crippen molar-refractivity contribution in [3.63, 3.8) is 0 Å². The maximum atomic E-state index is 7.88. The molecule has 86 valence electrons. The lowest BCUT2D eigenvalue weighted by Gasteiger charge is -2.02. The molecule has 0 fully saturated rings. The van der Waals surface area contributed by atoms with Gasteiger partial charge in [-0.25, -0.2) is 0 Å². The summed E-state index contributed by atoms with van der Waals surface area (Å²) in [5.41, 5.74) is 2.94. The Labute approximate surface area is 94.2 Å². The van der Waals surface area contributed by atoms with E-state index < -0.39 is 0 Å². The standard InChI is InChI=1S/C11H16.C3H8O/c1-3-4-8-11-9-6-5-7-10(11)2;1-2-3-4/h5-7,9H,3-4,8H2,1-2H3;4H,2-3H2,1H3. The number of hydrogen-bond donors (Lipinski definition) is 1. The van der Waals surface area contributed by atoms with Gasteiger partial charge < -0.3 is 5.11 Å². The summed E-state index contributed by atoms with van der Waals surface area (Å²) in [5.74, 6) is 0. The van der Waals surface area contributed by atoms with Crippen LogP contribution in [0, 0.1) is 6.92 Å². The second kappa shape index (κ2) is 9.72. The molecule has 0 atom stereocenters. The van der Waals surface area contributed by atoms with Gasteiger partial charge in [0.05, 0.1) is 0 Å². The second-order valence-electron chi connectivity index (χ2n) is 3.75. The molecule has 1 aromatic rings. The molecule has 0 aliphatic rings. The van der Waals surface area contributed by atoms with E-state index in [1.54, 1.807) is 0 Å². The van der Waals surface area contributed by atoms with E-state index in [0.29, 0.717) is 6.61 Å². The second-order valence-corrected chi connectivity index (χ2v) is 3.75. The first kappa shape index (κ1) is 14.2. The van der Waals surface area contributed by atoms with Crippen LogP contribution in [-0.4, -0.2) is 11.7 Å². The van der Waals surface area contributed by atoms with Crippen LogP contribution in [0.4, 0.5) is 0 Å². The third kappa shape index (κ3) is 7.15. The lowest BCUT2D eigenvalue weighted by atomic mass is 10.0. The van der Waals surface area contributed by atoms with E-state index in [0.717, 1.165) is 6.42 Å². The molecule has 0 aliphatic carbocycles. The van der Waals surface area contributed by atoms with Crippen molar-refractivity contribution in [3.05, 3.63) is 35.4 Å². The number of rotatable bonds is 4. The molecule has 0 aliphatic heterocycles. The van der Waals surface area contributed by atoms with E-state index in [4.69, 9.17) is 5.11 Å². The monoisotopic (exact) mass is 208 g/mol. The molecule has 0 saturated carbocycles. The first-order chi connectivity index (χ1) is 7.26. The minimum Gasteiger partial charge on any atom is -0.396 e. The smallest absolute Gasteiger partial charge is 0.0428 e. The summed E-state index contributed by atoms with van der Waals surface area (Å²) >= 11 is 0. The van der Waals surface area contributed by atoms with Crippen molar-refractivity contribution >= 4 is 0 Å². The summed E-state index contributed by atoms with van der Waals surface area (Å²) in [7, 11) is 0. The van der Waals surface area contributed by atoms with Gasteiger partial charge in [-0.15, -0.1) is 0 Å². The zero-order valence-electron chi connectivity index (χ0n) is 10.3. The molecule has 0 saturated heterocycles. The molecule has 1 aromatic carbocycles. The molecular weight excluding hydrogens is 184 g/mol. The predicted octanol–water partition coefficient (Wildman–Crippen LogP) is 3.73. The fourth-order valence-electron chi connectivity index (χ4n) is 1.26. The van der Waals surface area contributed by atoms with Crippen LogP contribution in [0.15, 0.2) is 24.3 Å². The van der Waals surface area contributed by atoms with Gasteiger partial charge in [-0.3, -0.25) is 0 Å². The average Bonchev–Trinajstić information content (AvgIpc) is 2.28. The summed E-state index contributed by atoms with van der Waals surface area (Å²) < 4.78 is 0. The fraction of sp³-hybridized carbons (Fsp3) is 0.571. The van der Waals surface area contributed by atoms with E-state index in [9.17, 15) is 0 Å². The Morgan fingerprint density at radius 3 is 2.13 bits per heavy atom. The largest absolute Gasteiger partial charge is 0.396 e. The van der Waals surface area contributed by atoms with E-state index in [-0.39, 0.29) is 0 Å². The first-order valence-electron chi connectivity index (χ1n) is 5.91. The van der Waals surface area contributed by atoms with E-state index in [2.05, 4.69) is 38.1 Å². The number of unbranched alkanes of at least 4 members (excludes halogenated alkanes) is 1. The van der Waals surface area contributed by atoms with Crippen molar-refractivity contribution in [2.45, 2.75) is 46.5 Å². The zero-order chi connectivity index (χ0) is 11.5. The third-order valence-corrected chi connectivity index (χ3v) is 2.28. The van der Waals surface area contributed by atoms with E-state index in [1.807, 2.05) is 6.92 Å². The van der Waals surface area contributed by atoms with Crippen LogP contribution in [-0.2, 0) is 6.42 Å². The molecule has 0 unspecified atom stereocenters. The van der Waals surface area contributed by atoms with Gasteiger partial charge in [-0.1, -0.05) is 44.5 Å². The van der Waals surface area contributed by atoms with Crippen LogP contribution in [0.2, 0.25) is 0 Å². The summed E-state index contributed by atoms with van der Waals surface area (Å²) in [6.07, 6.45) is 4.71. The van der Waals surface area contributed by atoms with Gasteiger partial charge in [0.15, 0.2) is 0 Å². The van der Waals surface area contributed by atoms with Gasteiger partial charge in [-0.2, -0.15) is 0 Å². The molecule has 0 aromatic heterocycles. The molecule has 0 spiro atoms. The SMILES string of the molecule is CCCCc1ccccc1C.CCCO. The summed E-state index contributed by atoms with van der Waals surface area (Å²) in [5, 5.41) is 7.88. The number of aliphatic hydroxyl groups is 1. The van der Waals surface area contributed by atoms with E-state index in [1.165, 1.54) is 30.4 Å². The van der Waals surface area contributed by atoms with Crippen molar-refractivity contribution in [2.75, 3.05) is 6.61 Å². The summed E-state index contributed by atoms with van der Waals surface area (Å²) in [6.45, 7) is 6.67. The van der Waals surface area contributed by atoms with Crippen LogP contribution >= 0.6 is 0 Å². The molecule has 15 heavy (non-hydrogen) atoms. The van der Waals surface area contributed by atoms with Crippen LogP contribution < -0.4 is 0 Å². The van der Waals surface area contributed by atoms with Crippen LogP contribution in [0.1, 0.15) is 44.2 Å². The Kier molecular flexibility index (Phi) is 9.19. The van der Waals surface area contributed by atoms with Crippen molar-refractivity contribution in [1.82, 2.24) is 0 Å². The Morgan fingerprint density at radius 2 is 1.67 bits per heavy atom. The predicted molar refractivity (Wildman–Crippen MR) is 67.2 cm³/mol. The molecule has 1 N–H and O–H groups in total.